The van der Waals surface area contributed by atoms with Crippen molar-refractivity contribution < 1.29 is 4.74 Å². The lowest BCUT2D eigenvalue weighted by molar-refractivity contribution is 0.481. The van der Waals surface area contributed by atoms with Gasteiger partial charge >= 0.3 is 0 Å². The van der Waals surface area contributed by atoms with Crippen LogP contribution in [-0.4, -0.2) is 0 Å². The molecule has 2 rings (SSSR count). The van der Waals surface area contributed by atoms with Gasteiger partial charge < -0.3 is 10.5 Å². The van der Waals surface area contributed by atoms with Gasteiger partial charge in [0.1, 0.15) is 11.5 Å². The van der Waals surface area contributed by atoms with Crippen LogP contribution in [0, 0.1) is 0 Å². The number of hydrogen-bond donors (Lipinski definition) is 1. The van der Waals surface area contributed by atoms with E-state index < -0.39 is 0 Å². The number of halogens is 1. The maximum absolute atomic E-state index is 5.82. The quantitative estimate of drug-likeness (QED) is 0.895. The summed E-state index contributed by atoms with van der Waals surface area (Å²) < 4.78 is 5.71. The molecule has 0 aliphatic carbocycles. The first kappa shape index (κ1) is 13.6. The van der Waals surface area contributed by atoms with Gasteiger partial charge in [-0.1, -0.05) is 30.3 Å². The molecule has 0 aliphatic heterocycles. The summed E-state index contributed by atoms with van der Waals surface area (Å²) in [5, 5.41) is 0. The van der Waals surface area contributed by atoms with Crippen LogP contribution in [0.3, 0.4) is 0 Å². The van der Waals surface area contributed by atoms with E-state index in [2.05, 4.69) is 0 Å². The van der Waals surface area contributed by atoms with Gasteiger partial charge in [0, 0.05) is 6.04 Å². The summed E-state index contributed by atoms with van der Waals surface area (Å²) >= 11 is 0. The molecule has 0 aromatic heterocycles. The van der Waals surface area contributed by atoms with E-state index >= 15 is 0 Å². The highest BCUT2D eigenvalue weighted by atomic mass is 35.5. The van der Waals surface area contributed by atoms with Gasteiger partial charge in [0.2, 0.25) is 0 Å². The average Bonchev–Trinajstić information content (AvgIpc) is 2.30. The second-order valence-corrected chi connectivity index (χ2v) is 3.78. The van der Waals surface area contributed by atoms with Crippen LogP contribution >= 0.6 is 12.4 Å². The van der Waals surface area contributed by atoms with Crippen LogP contribution in [0.5, 0.6) is 11.5 Å². The number of ether oxygens (including phenoxy) is 1. The van der Waals surface area contributed by atoms with E-state index in [9.17, 15) is 0 Å². The Labute approximate surface area is 108 Å². The van der Waals surface area contributed by atoms with E-state index in [0.29, 0.717) is 0 Å². The molecule has 2 nitrogen and oxygen atoms in total. The number of hydrogen-bond acceptors (Lipinski definition) is 2. The van der Waals surface area contributed by atoms with E-state index in [4.69, 9.17) is 10.5 Å². The van der Waals surface area contributed by atoms with Crippen molar-refractivity contribution in [3.8, 4) is 11.5 Å². The zero-order valence-corrected chi connectivity index (χ0v) is 10.5. The van der Waals surface area contributed by atoms with Crippen LogP contribution in [0.25, 0.3) is 0 Å². The zero-order valence-electron chi connectivity index (χ0n) is 9.67. The van der Waals surface area contributed by atoms with Gasteiger partial charge in [0.05, 0.1) is 0 Å². The summed E-state index contributed by atoms with van der Waals surface area (Å²) in [7, 11) is 0. The van der Waals surface area contributed by atoms with Gasteiger partial charge in [-0.05, 0) is 36.8 Å². The number of benzene rings is 2. The molecule has 0 saturated carbocycles. The first-order chi connectivity index (χ1) is 7.75. The third kappa shape index (κ3) is 3.77. The fourth-order valence-corrected chi connectivity index (χ4v) is 1.49. The van der Waals surface area contributed by atoms with E-state index in [1.807, 2.05) is 61.5 Å². The fourth-order valence-electron chi connectivity index (χ4n) is 1.49. The molecule has 0 fully saturated rings. The molecule has 0 aliphatic rings. The van der Waals surface area contributed by atoms with Gasteiger partial charge in [-0.3, -0.25) is 0 Å². The summed E-state index contributed by atoms with van der Waals surface area (Å²) in [5.41, 5.74) is 6.90. The normalized spacial score (nSPS) is 11.4. The fraction of sp³-hybridized carbons (Fsp3) is 0.143. The van der Waals surface area contributed by atoms with Crippen LogP contribution in [0.4, 0.5) is 0 Å². The largest absolute Gasteiger partial charge is 0.457 e. The van der Waals surface area contributed by atoms with Crippen LogP contribution in [0.15, 0.2) is 54.6 Å². The third-order valence-electron chi connectivity index (χ3n) is 2.36. The maximum Gasteiger partial charge on any atom is 0.127 e. The SMILES string of the molecule is C[C@H](N)c1cccc(Oc2ccccc2)c1.Cl. The molecule has 2 aromatic carbocycles. The Morgan fingerprint density at radius 1 is 0.941 bits per heavy atom. The minimum Gasteiger partial charge on any atom is -0.457 e. The van der Waals surface area contributed by atoms with Crippen molar-refractivity contribution in [2.24, 2.45) is 5.73 Å². The molecule has 2 aromatic rings. The number of para-hydroxylation sites is 1. The summed E-state index contributed by atoms with van der Waals surface area (Å²) in [6.45, 7) is 1.96. The molecular weight excluding hydrogens is 234 g/mol. The summed E-state index contributed by atoms with van der Waals surface area (Å²) in [6.07, 6.45) is 0. The summed E-state index contributed by atoms with van der Waals surface area (Å²) in [6, 6.07) is 17.6. The summed E-state index contributed by atoms with van der Waals surface area (Å²) in [4.78, 5) is 0. The van der Waals surface area contributed by atoms with Crippen molar-refractivity contribution in [3.63, 3.8) is 0 Å². The third-order valence-corrected chi connectivity index (χ3v) is 2.36. The highest BCUT2D eigenvalue weighted by Gasteiger charge is 2.01. The smallest absolute Gasteiger partial charge is 0.127 e. The van der Waals surface area contributed by atoms with Crippen LogP contribution in [-0.2, 0) is 0 Å². The minimum atomic E-state index is 0. The molecule has 3 heteroatoms. The first-order valence-electron chi connectivity index (χ1n) is 5.34. The highest BCUT2D eigenvalue weighted by Crippen LogP contribution is 2.23. The molecule has 0 unspecified atom stereocenters. The Balaban J connectivity index is 0.00000144. The lowest BCUT2D eigenvalue weighted by Crippen LogP contribution is -2.04. The monoisotopic (exact) mass is 249 g/mol. The molecule has 0 radical (unpaired) electrons. The van der Waals surface area contributed by atoms with Gasteiger partial charge in [-0.25, -0.2) is 0 Å². The first-order valence-corrected chi connectivity index (χ1v) is 5.34. The standard InChI is InChI=1S/C14H15NO.ClH/c1-11(15)12-6-5-9-14(10-12)16-13-7-3-2-4-8-13;/h2-11H,15H2,1H3;1H/t11-;/m0./s1. The lowest BCUT2D eigenvalue weighted by atomic mass is 10.1. The van der Waals surface area contributed by atoms with Crippen molar-refractivity contribution >= 4 is 12.4 Å². The van der Waals surface area contributed by atoms with Crippen LogP contribution in [0.2, 0.25) is 0 Å². The van der Waals surface area contributed by atoms with Crippen LogP contribution < -0.4 is 10.5 Å². The Bertz CT molecular complexity index is 457. The van der Waals surface area contributed by atoms with Gasteiger partial charge in [-0.2, -0.15) is 0 Å². The van der Waals surface area contributed by atoms with Crippen molar-refractivity contribution in [1.82, 2.24) is 0 Å². The topological polar surface area (TPSA) is 35.2 Å². The summed E-state index contributed by atoms with van der Waals surface area (Å²) in [5.74, 6) is 1.66. The van der Waals surface area contributed by atoms with Gasteiger partial charge in [-0.15, -0.1) is 12.4 Å². The molecule has 90 valence electrons. The average molecular weight is 250 g/mol. The lowest BCUT2D eigenvalue weighted by Gasteiger charge is -2.09. The number of nitrogens with two attached hydrogens (primary N) is 1. The Morgan fingerprint density at radius 2 is 1.59 bits per heavy atom. The van der Waals surface area contributed by atoms with E-state index in [0.717, 1.165) is 17.1 Å². The molecule has 0 amide bonds. The predicted molar refractivity (Wildman–Crippen MR) is 72.8 cm³/mol. The molecular formula is C14H16ClNO. The Hall–Kier alpha value is -1.51. The van der Waals surface area contributed by atoms with E-state index in [1.54, 1.807) is 0 Å². The van der Waals surface area contributed by atoms with E-state index in [-0.39, 0.29) is 18.4 Å². The second-order valence-electron chi connectivity index (χ2n) is 3.78. The maximum atomic E-state index is 5.82. The van der Waals surface area contributed by atoms with Gasteiger partial charge in [0.15, 0.2) is 0 Å². The van der Waals surface area contributed by atoms with E-state index in [1.165, 1.54) is 0 Å². The predicted octanol–water partition coefficient (Wildman–Crippen LogP) is 3.92. The van der Waals surface area contributed by atoms with Crippen LogP contribution in [0.1, 0.15) is 18.5 Å². The van der Waals surface area contributed by atoms with Crippen molar-refractivity contribution in [1.29, 1.82) is 0 Å². The molecule has 0 bridgehead atoms. The van der Waals surface area contributed by atoms with Gasteiger partial charge in [0.25, 0.3) is 0 Å². The zero-order chi connectivity index (χ0) is 11.4. The minimum absolute atomic E-state index is 0. The highest BCUT2D eigenvalue weighted by molar-refractivity contribution is 5.85. The number of rotatable bonds is 3. The molecule has 0 saturated heterocycles. The van der Waals surface area contributed by atoms with Crippen molar-refractivity contribution in [2.75, 3.05) is 0 Å². The molecule has 2 N–H and O–H groups in total. The molecule has 17 heavy (non-hydrogen) atoms. The van der Waals surface area contributed by atoms with Crippen molar-refractivity contribution in [2.45, 2.75) is 13.0 Å². The Kier molecular flexibility index (Phi) is 5.01. The molecule has 0 heterocycles. The molecule has 1 atom stereocenters. The van der Waals surface area contributed by atoms with Crippen molar-refractivity contribution in [3.05, 3.63) is 60.2 Å². The Morgan fingerprint density at radius 3 is 2.24 bits per heavy atom. The molecule has 0 spiro atoms. The second kappa shape index (κ2) is 6.28.